The van der Waals surface area contributed by atoms with Gasteiger partial charge in [-0.25, -0.2) is 0 Å². The molecule has 1 N–H and O–H groups in total. The van der Waals surface area contributed by atoms with Gasteiger partial charge in [-0.2, -0.15) is 0 Å². The molecule has 1 amide bonds. The van der Waals surface area contributed by atoms with E-state index >= 15 is 0 Å². The van der Waals surface area contributed by atoms with Crippen LogP contribution in [0.5, 0.6) is 0 Å². The van der Waals surface area contributed by atoms with Gasteiger partial charge in [0.2, 0.25) is 5.91 Å². The molecule has 2 unspecified atom stereocenters. The number of amides is 1. The van der Waals surface area contributed by atoms with Crippen molar-refractivity contribution in [2.45, 2.75) is 39.7 Å². The van der Waals surface area contributed by atoms with Crippen LogP contribution < -0.4 is 5.32 Å². The molecule has 3 nitrogen and oxygen atoms in total. The molecule has 0 aromatic heterocycles. The third-order valence-corrected chi connectivity index (χ3v) is 4.26. The Bertz CT molecular complexity index is 261. The predicted molar refractivity (Wildman–Crippen MR) is 65.1 cm³/mol. The SMILES string of the molecule is CC(C)C1CCCN1C(=O)C(C)C1CNC1. The smallest absolute Gasteiger partial charge is 0.226 e. The first-order chi connectivity index (χ1) is 7.61. The lowest BCUT2D eigenvalue weighted by Crippen LogP contribution is -2.51. The molecule has 92 valence electrons. The number of rotatable bonds is 3. The van der Waals surface area contributed by atoms with Crippen LogP contribution in [0.2, 0.25) is 0 Å². The van der Waals surface area contributed by atoms with Gasteiger partial charge in [0.15, 0.2) is 0 Å². The highest BCUT2D eigenvalue weighted by atomic mass is 16.2. The summed E-state index contributed by atoms with van der Waals surface area (Å²) in [5.74, 6) is 1.77. The van der Waals surface area contributed by atoms with Gasteiger partial charge in [-0.3, -0.25) is 4.79 Å². The molecule has 2 fully saturated rings. The molecule has 0 bridgehead atoms. The molecule has 16 heavy (non-hydrogen) atoms. The molecule has 0 aromatic carbocycles. The van der Waals surface area contributed by atoms with Crippen LogP contribution in [0.15, 0.2) is 0 Å². The third-order valence-electron chi connectivity index (χ3n) is 4.26. The van der Waals surface area contributed by atoms with Gasteiger partial charge in [0.1, 0.15) is 0 Å². The van der Waals surface area contributed by atoms with Gasteiger partial charge in [-0.15, -0.1) is 0 Å². The van der Waals surface area contributed by atoms with E-state index in [1.807, 2.05) is 0 Å². The molecule has 2 aliphatic rings. The molecular formula is C13H24N2O. The topological polar surface area (TPSA) is 32.3 Å². The number of hydrogen-bond donors (Lipinski definition) is 1. The summed E-state index contributed by atoms with van der Waals surface area (Å²) < 4.78 is 0. The molecule has 0 saturated carbocycles. The minimum atomic E-state index is 0.209. The van der Waals surface area contributed by atoms with Crippen LogP contribution >= 0.6 is 0 Å². The molecule has 0 radical (unpaired) electrons. The van der Waals surface area contributed by atoms with E-state index in [1.165, 1.54) is 12.8 Å². The fourth-order valence-electron chi connectivity index (χ4n) is 2.89. The summed E-state index contributed by atoms with van der Waals surface area (Å²) in [7, 11) is 0. The highest BCUT2D eigenvalue weighted by Gasteiger charge is 2.37. The Morgan fingerprint density at radius 3 is 2.50 bits per heavy atom. The average molecular weight is 224 g/mol. The fourth-order valence-corrected chi connectivity index (χ4v) is 2.89. The van der Waals surface area contributed by atoms with Crippen molar-refractivity contribution in [2.24, 2.45) is 17.8 Å². The summed E-state index contributed by atoms with van der Waals surface area (Å²) in [5, 5.41) is 3.25. The van der Waals surface area contributed by atoms with Crippen LogP contribution in [0.3, 0.4) is 0 Å². The van der Waals surface area contributed by atoms with E-state index in [4.69, 9.17) is 0 Å². The number of carbonyl (C=O) groups is 1. The van der Waals surface area contributed by atoms with Crippen molar-refractivity contribution in [3.8, 4) is 0 Å². The zero-order valence-corrected chi connectivity index (χ0v) is 10.7. The van der Waals surface area contributed by atoms with Crippen LogP contribution in [0.4, 0.5) is 0 Å². The quantitative estimate of drug-likeness (QED) is 0.787. The Labute approximate surface area is 98.6 Å². The van der Waals surface area contributed by atoms with Crippen LogP contribution in [-0.4, -0.2) is 36.5 Å². The summed E-state index contributed by atoms with van der Waals surface area (Å²) >= 11 is 0. The minimum Gasteiger partial charge on any atom is -0.339 e. The van der Waals surface area contributed by atoms with Crippen LogP contribution in [0.25, 0.3) is 0 Å². The van der Waals surface area contributed by atoms with E-state index in [0.717, 1.165) is 19.6 Å². The summed E-state index contributed by atoms with van der Waals surface area (Å²) in [6.07, 6.45) is 2.38. The molecule has 2 heterocycles. The molecule has 2 saturated heterocycles. The normalized spacial score (nSPS) is 28.2. The molecular weight excluding hydrogens is 200 g/mol. The Hall–Kier alpha value is -0.570. The van der Waals surface area contributed by atoms with Gasteiger partial charge in [0.25, 0.3) is 0 Å². The zero-order chi connectivity index (χ0) is 11.7. The first kappa shape index (κ1) is 11.9. The standard InChI is InChI=1S/C13H24N2O/c1-9(2)12-5-4-6-15(12)13(16)10(3)11-7-14-8-11/h9-12,14H,4-8H2,1-3H3. The lowest BCUT2D eigenvalue weighted by atomic mass is 9.87. The van der Waals surface area contributed by atoms with Gasteiger partial charge in [-0.1, -0.05) is 20.8 Å². The molecule has 2 atom stereocenters. The predicted octanol–water partition coefficient (Wildman–Crippen LogP) is 1.49. The lowest BCUT2D eigenvalue weighted by Gasteiger charge is -2.36. The van der Waals surface area contributed by atoms with E-state index in [9.17, 15) is 4.79 Å². The maximum absolute atomic E-state index is 12.4. The molecule has 2 aliphatic heterocycles. The first-order valence-electron chi connectivity index (χ1n) is 6.62. The van der Waals surface area contributed by atoms with E-state index in [0.29, 0.717) is 23.8 Å². The third kappa shape index (κ3) is 2.10. The maximum Gasteiger partial charge on any atom is 0.226 e. The number of nitrogens with zero attached hydrogens (tertiary/aromatic N) is 1. The van der Waals surface area contributed by atoms with E-state index in [1.54, 1.807) is 0 Å². The Kier molecular flexibility index (Phi) is 3.53. The van der Waals surface area contributed by atoms with E-state index in [2.05, 4.69) is 31.0 Å². The van der Waals surface area contributed by atoms with Crippen molar-refractivity contribution in [1.29, 1.82) is 0 Å². The molecule has 0 aliphatic carbocycles. The zero-order valence-electron chi connectivity index (χ0n) is 10.7. The molecule has 0 aromatic rings. The summed E-state index contributed by atoms with van der Waals surface area (Å²) in [5.41, 5.74) is 0. The summed E-state index contributed by atoms with van der Waals surface area (Å²) in [6, 6.07) is 0.489. The Morgan fingerprint density at radius 1 is 1.31 bits per heavy atom. The Morgan fingerprint density at radius 2 is 2.00 bits per heavy atom. The van der Waals surface area contributed by atoms with Gasteiger partial charge in [-0.05, 0) is 37.8 Å². The number of carbonyl (C=O) groups excluding carboxylic acids is 1. The molecule has 0 spiro atoms. The minimum absolute atomic E-state index is 0.209. The second kappa shape index (κ2) is 4.74. The summed E-state index contributed by atoms with van der Waals surface area (Å²) in [4.78, 5) is 14.5. The second-order valence-electron chi connectivity index (χ2n) is 5.69. The van der Waals surface area contributed by atoms with Gasteiger partial charge in [0, 0.05) is 18.5 Å². The van der Waals surface area contributed by atoms with Crippen LogP contribution in [0.1, 0.15) is 33.6 Å². The molecule has 3 heteroatoms. The molecule has 2 rings (SSSR count). The van der Waals surface area contributed by atoms with Gasteiger partial charge < -0.3 is 10.2 Å². The van der Waals surface area contributed by atoms with Crippen molar-refractivity contribution in [1.82, 2.24) is 10.2 Å². The average Bonchev–Trinajstić information content (AvgIpc) is 2.61. The monoisotopic (exact) mass is 224 g/mol. The van der Waals surface area contributed by atoms with Crippen molar-refractivity contribution >= 4 is 5.91 Å². The van der Waals surface area contributed by atoms with Crippen molar-refractivity contribution in [2.75, 3.05) is 19.6 Å². The van der Waals surface area contributed by atoms with Gasteiger partial charge >= 0.3 is 0 Å². The number of hydrogen-bond acceptors (Lipinski definition) is 2. The van der Waals surface area contributed by atoms with E-state index in [-0.39, 0.29) is 5.92 Å². The van der Waals surface area contributed by atoms with E-state index < -0.39 is 0 Å². The van der Waals surface area contributed by atoms with Crippen molar-refractivity contribution in [3.05, 3.63) is 0 Å². The van der Waals surface area contributed by atoms with Crippen molar-refractivity contribution < 1.29 is 4.79 Å². The largest absolute Gasteiger partial charge is 0.339 e. The highest BCUT2D eigenvalue weighted by molar-refractivity contribution is 5.79. The van der Waals surface area contributed by atoms with Crippen LogP contribution in [0, 0.1) is 17.8 Å². The summed E-state index contributed by atoms with van der Waals surface area (Å²) in [6.45, 7) is 9.58. The van der Waals surface area contributed by atoms with Crippen molar-refractivity contribution in [3.63, 3.8) is 0 Å². The highest BCUT2D eigenvalue weighted by Crippen LogP contribution is 2.28. The van der Waals surface area contributed by atoms with Gasteiger partial charge in [0.05, 0.1) is 0 Å². The number of likely N-dealkylation sites (tertiary alicyclic amines) is 1. The first-order valence-corrected chi connectivity index (χ1v) is 6.62. The Balaban J connectivity index is 1.97. The number of nitrogens with one attached hydrogen (secondary N) is 1. The second-order valence-corrected chi connectivity index (χ2v) is 5.69. The maximum atomic E-state index is 12.4. The fraction of sp³-hybridized carbons (Fsp3) is 0.923. The lowest BCUT2D eigenvalue weighted by molar-refractivity contribution is -0.139. The van der Waals surface area contributed by atoms with Crippen LogP contribution in [-0.2, 0) is 4.79 Å².